The molecule has 1 unspecified atom stereocenters. The van der Waals surface area contributed by atoms with Crippen LogP contribution in [0, 0.1) is 5.92 Å². The van der Waals surface area contributed by atoms with Crippen LogP contribution in [0.25, 0.3) is 0 Å². The summed E-state index contributed by atoms with van der Waals surface area (Å²) in [6.07, 6.45) is 1.07. The standard InChI is InChI=1S/C18H27N3O2/c1-13(2)10-15-4-6-16(7-5-15)14(3)20-18(23)12-21-9-8-19-17(22)11-21/h4-7,13-14H,8-12H2,1-3H3,(H,19,22)(H,20,23)/p+1/t14-/m1/s1. The Morgan fingerprint density at radius 3 is 2.57 bits per heavy atom. The normalized spacial score (nSPS) is 19.3. The van der Waals surface area contributed by atoms with Gasteiger partial charge in [0.05, 0.1) is 19.1 Å². The van der Waals surface area contributed by atoms with Crippen molar-refractivity contribution >= 4 is 11.8 Å². The van der Waals surface area contributed by atoms with Gasteiger partial charge in [-0.05, 0) is 30.4 Å². The first-order valence-electron chi connectivity index (χ1n) is 8.42. The first-order chi connectivity index (χ1) is 10.9. The van der Waals surface area contributed by atoms with Crippen molar-refractivity contribution in [1.29, 1.82) is 0 Å². The number of benzene rings is 1. The highest BCUT2D eigenvalue weighted by Gasteiger charge is 2.22. The van der Waals surface area contributed by atoms with Crippen molar-refractivity contribution in [2.45, 2.75) is 33.2 Å². The van der Waals surface area contributed by atoms with Gasteiger partial charge in [-0.25, -0.2) is 0 Å². The highest BCUT2D eigenvalue weighted by atomic mass is 16.2. The molecule has 0 saturated carbocycles. The number of nitrogens with one attached hydrogen (secondary N) is 3. The molecule has 2 rings (SSSR count). The van der Waals surface area contributed by atoms with Crippen LogP contribution in [-0.4, -0.2) is 38.0 Å². The largest absolute Gasteiger partial charge is 0.346 e. The molecule has 3 N–H and O–H groups in total. The first kappa shape index (κ1) is 17.5. The van der Waals surface area contributed by atoms with Crippen molar-refractivity contribution in [3.05, 3.63) is 35.4 Å². The van der Waals surface area contributed by atoms with Crippen molar-refractivity contribution in [3.8, 4) is 0 Å². The monoisotopic (exact) mass is 318 g/mol. The number of carbonyl (C=O) groups is 2. The predicted octanol–water partition coefficient (Wildman–Crippen LogP) is 0.0770. The Morgan fingerprint density at radius 1 is 1.26 bits per heavy atom. The summed E-state index contributed by atoms with van der Waals surface area (Å²) in [7, 11) is 0. The third-order valence-corrected chi connectivity index (χ3v) is 4.12. The van der Waals surface area contributed by atoms with E-state index in [1.54, 1.807) is 0 Å². The Labute approximate surface area is 138 Å². The summed E-state index contributed by atoms with van der Waals surface area (Å²) in [4.78, 5) is 24.5. The van der Waals surface area contributed by atoms with E-state index in [0.29, 0.717) is 25.6 Å². The van der Waals surface area contributed by atoms with E-state index in [9.17, 15) is 9.59 Å². The Bertz CT molecular complexity index is 540. The average Bonchev–Trinajstić information content (AvgIpc) is 2.47. The van der Waals surface area contributed by atoms with Gasteiger partial charge in [-0.1, -0.05) is 38.1 Å². The maximum absolute atomic E-state index is 12.2. The van der Waals surface area contributed by atoms with Gasteiger partial charge in [0.1, 0.15) is 0 Å². The molecule has 1 fully saturated rings. The van der Waals surface area contributed by atoms with E-state index in [1.165, 1.54) is 5.56 Å². The number of rotatable bonds is 6. The molecule has 0 aliphatic carbocycles. The minimum Gasteiger partial charge on any atom is -0.346 e. The van der Waals surface area contributed by atoms with Crippen LogP contribution in [0.15, 0.2) is 24.3 Å². The lowest BCUT2D eigenvalue weighted by molar-refractivity contribution is -0.885. The minimum absolute atomic E-state index is 0.00606. The lowest BCUT2D eigenvalue weighted by atomic mass is 10.00. The van der Waals surface area contributed by atoms with E-state index < -0.39 is 0 Å². The summed E-state index contributed by atoms with van der Waals surface area (Å²) in [5, 5.41) is 5.81. The van der Waals surface area contributed by atoms with Crippen LogP contribution in [0.2, 0.25) is 0 Å². The van der Waals surface area contributed by atoms with Crippen LogP contribution in [0.1, 0.15) is 37.9 Å². The lowest BCUT2D eigenvalue weighted by Crippen LogP contribution is -3.16. The molecule has 0 bridgehead atoms. The van der Waals surface area contributed by atoms with E-state index in [1.807, 2.05) is 6.92 Å². The SMILES string of the molecule is CC(C)Cc1ccc([C@@H](C)NC(=O)C[NH+]2CCNC(=O)C2)cc1. The zero-order valence-electron chi connectivity index (χ0n) is 14.3. The van der Waals surface area contributed by atoms with Gasteiger partial charge >= 0.3 is 0 Å². The van der Waals surface area contributed by atoms with E-state index in [-0.39, 0.29) is 17.9 Å². The summed E-state index contributed by atoms with van der Waals surface area (Å²) < 4.78 is 0. The second kappa shape index (κ2) is 8.11. The van der Waals surface area contributed by atoms with Gasteiger partial charge in [0, 0.05) is 0 Å². The van der Waals surface area contributed by atoms with Crippen LogP contribution >= 0.6 is 0 Å². The zero-order valence-corrected chi connectivity index (χ0v) is 14.3. The molecule has 5 nitrogen and oxygen atoms in total. The van der Waals surface area contributed by atoms with Crippen LogP contribution in [-0.2, 0) is 16.0 Å². The molecule has 1 aliphatic rings. The molecular weight excluding hydrogens is 290 g/mol. The summed E-state index contributed by atoms with van der Waals surface area (Å²) in [5.41, 5.74) is 2.43. The van der Waals surface area contributed by atoms with Crippen molar-refractivity contribution in [1.82, 2.24) is 10.6 Å². The summed E-state index contributed by atoms with van der Waals surface area (Å²) in [5.74, 6) is 0.656. The molecule has 0 radical (unpaired) electrons. The van der Waals surface area contributed by atoms with Crippen molar-refractivity contribution in [2.75, 3.05) is 26.2 Å². The highest BCUT2D eigenvalue weighted by molar-refractivity contribution is 5.79. The van der Waals surface area contributed by atoms with Gasteiger partial charge in [-0.15, -0.1) is 0 Å². The second-order valence-corrected chi connectivity index (χ2v) is 6.83. The van der Waals surface area contributed by atoms with E-state index in [4.69, 9.17) is 0 Å². The third kappa shape index (κ3) is 5.67. The maximum Gasteiger partial charge on any atom is 0.275 e. The number of quaternary nitrogens is 1. The molecule has 1 aliphatic heterocycles. The number of hydrogen-bond acceptors (Lipinski definition) is 2. The number of amides is 2. The molecule has 23 heavy (non-hydrogen) atoms. The second-order valence-electron chi connectivity index (χ2n) is 6.83. The molecule has 1 aromatic carbocycles. The van der Waals surface area contributed by atoms with Gasteiger partial charge in [-0.3, -0.25) is 9.59 Å². The summed E-state index contributed by atoms with van der Waals surface area (Å²) >= 11 is 0. The Morgan fingerprint density at radius 2 is 1.96 bits per heavy atom. The smallest absolute Gasteiger partial charge is 0.275 e. The maximum atomic E-state index is 12.2. The fraction of sp³-hybridized carbons (Fsp3) is 0.556. The zero-order chi connectivity index (χ0) is 16.8. The number of carbonyl (C=O) groups excluding carboxylic acids is 2. The van der Waals surface area contributed by atoms with Crippen LogP contribution in [0.4, 0.5) is 0 Å². The van der Waals surface area contributed by atoms with Crippen molar-refractivity contribution < 1.29 is 14.5 Å². The number of piperazine rings is 1. The van der Waals surface area contributed by atoms with Gasteiger partial charge in [-0.2, -0.15) is 0 Å². The van der Waals surface area contributed by atoms with E-state index in [2.05, 4.69) is 48.7 Å². The van der Waals surface area contributed by atoms with Gasteiger partial charge in [0.15, 0.2) is 13.1 Å². The highest BCUT2D eigenvalue weighted by Crippen LogP contribution is 2.15. The number of hydrogen-bond donors (Lipinski definition) is 3. The molecule has 1 heterocycles. The van der Waals surface area contributed by atoms with Gasteiger partial charge in [0.25, 0.3) is 11.8 Å². The van der Waals surface area contributed by atoms with E-state index in [0.717, 1.165) is 23.4 Å². The quantitative estimate of drug-likeness (QED) is 0.695. The molecule has 1 aromatic rings. The lowest BCUT2D eigenvalue weighted by Gasteiger charge is -2.24. The van der Waals surface area contributed by atoms with Crippen molar-refractivity contribution in [2.24, 2.45) is 5.92 Å². The molecule has 2 amide bonds. The molecule has 2 atom stereocenters. The fourth-order valence-corrected chi connectivity index (χ4v) is 2.92. The summed E-state index contributed by atoms with van der Waals surface area (Å²) in [6.45, 7) is 8.59. The Balaban J connectivity index is 1.84. The van der Waals surface area contributed by atoms with E-state index >= 15 is 0 Å². The third-order valence-electron chi connectivity index (χ3n) is 4.12. The molecule has 0 aromatic heterocycles. The van der Waals surface area contributed by atoms with Crippen molar-refractivity contribution in [3.63, 3.8) is 0 Å². The molecule has 126 valence electrons. The fourth-order valence-electron chi connectivity index (χ4n) is 2.92. The Hall–Kier alpha value is -1.88. The van der Waals surface area contributed by atoms with Crippen LogP contribution in [0.3, 0.4) is 0 Å². The average molecular weight is 318 g/mol. The molecular formula is C18H28N3O2+. The molecule has 5 heteroatoms. The van der Waals surface area contributed by atoms with Crippen LogP contribution < -0.4 is 15.5 Å². The van der Waals surface area contributed by atoms with Crippen LogP contribution in [0.5, 0.6) is 0 Å². The Kier molecular flexibility index (Phi) is 6.16. The minimum atomic E-state index is -0.0198. The molecule has 0 spiro atoms. The van der Waals surface area contributed by atoms with Gasteiger partial charge in [0.2, 0.25) is 0 Å². The topological polar surface area (TPSA) is 62.6 Å². The van der Waals surface area contributed by atoms with Gasteiger partial charge < -0.3 is 15.5 Å². The first-order valence-corrected chi connectivity index (χ1v) is 8.42. The molecule has 1 saturated heterocycles. The summed E-state index contributed by atoms with van der Waals surface area (Å²) in [6, 6.07) is 8.43. The predicted molar refractivity (Wildman–Crippen MR) is 90.1 cm³/mol.